The Hall–Kier alpha value is -1.41. The third kappa shape index (κ3) is 4.56. The van der Waals surface area contributed by atoms with E-state index in [0.29, 0.717) is 18.8 Å². The Morgan fingerprint density at radius 3 is 2.60 bits per heavy atom. The highest BCUT2D eigenvalue weighted by Gasteiger charge is 2.03. The molecule has 1 heterocycles. The number of primary sulfonamides is 1. The molecule has 7 nitrogen and oxygen atoms in total. The first kappa shape index (κ1) is 11.7. The average Bonchev–Trinajstić information content (AvgIpc) is 2.13. The van der Waals surface area contributed by atoms with Gasteiger partial charge in [0, 0.05) is 18.9 Å². The lowest BCUT2D eigenvalue weighted by atomic mass is 10.4. The van der Waals surface area contributed by atoms with Crippen LogP contribution in [-0.4, -0.2) is 30.7 Å². The van der Waals surface area contributed by atoms with Crippen LogP contribution in [-0.2, 0) is 10.0 Å². The summed E-state index contributed by atoms with van der Waals surface area (Å²) in [5, 5.41) is 7.70. The van der Waals surface area contributed by atoms with Crippen molar-refractivity contribution in [3.63, 3.8) is 0 Å². The van der Waals surface area contributed by atoms with Gasteiger partial charge < -0.3 is 11.1 Å². The van der Waals surface area contributed by atoms with Crippen LogP contribution in [0.2, 0.25) is 0 Å². The molecule has 0 aromatic carbocycles. The number of rotatable bonds is 5. The molecule has 0 radical (unpaired) electrons. The second kappa shape index (κ2) is 4.89. The van der Waals surface area contributed by atoms with Gasteiger partial charge in [0.2, 0.25) is 10.0 Å². The van der Waals surface area contributed by atoms with Gasteiger partial charge in [-0.05, 0) is 6.42 Å². The van der Waals surface area contributed by atoms with E-state index in [1.807, 2.05) is 0 Å². The zero-order valence-electron chi connectivity index (χ0n) is 8.05. The van der Waals surface area contributed by atoms with Crippen molar-refractivity contribution < 1.29 is 8.42 Å². The number of aromatic nitrogens is 2. The minimum Gasteiger partial charge on any atom is -0.381 e. The van der Waals surface area contributed by atoms with Crippen LogP contribution in [0.3, 0.4) is 0 Å². The number of nitrogen functional groups attached to an aromatic ring is 1. The first-order valence-corrected chi connectivity index (χ1v) is 6.01. The van der Waals surface area contributed by atoms with Crippen molar-refractivity contribution in [2.75, 3.05) is 23.3 Å². The predicted octanol–water partition coefficient (Wildman–Crippen LogP) is -0.851. The smallest absolute Gasteiger partial charge is 0.209 e. The van der Waals surface area contributed by atoms with Gasteiger partial charge in [0.25, 0.3) is 0 Å². The maximum absolute atomic E-state index is 10.6. The summed E-state index contributed by atoms with van der Waals surface area (Å²) in [6.45, 7) is 0.430. The Bertz CT molecular complexity index is 419. The van der Waals surface area contributed by atoms with Crippen LogP contribution in [0.5, 0.6) is 0 Å². The molecule has 0 unspecified atom stereocenters. The van der Waals surface area contributed by atoms with Gasteiger partial charge in [-0.15, -0.1) is 0 Å². The third-order valence-electron chi connectivity index (χ3n) is 1.62. The summed E-state index contributed by atoms with van der Waals surface area (Å²) in [6.07, 6.45) is 3.37. The van der Waals surface area contributed by atoms with Crippen LogP contribution in [0, 0.1) is 0 Å². The maximum Gasteiger partial charge on any atom is 0.209 e. The lowest BCUT2D eigenvalue weighted by molar-refractivity contribution is 0.596. The van der Waals surface area contributed by atoms with Crippen molar-refractivity contribution in [1.29, 1.82) is 0 Å². The van der Waals surface area contributed by atoms with Crippen LogP contribution in [0.25, 0.3) is 0 Å². The van der Waals surface area contributed by atoms with Gasteiger partial charge in [-0.25, -0.2) is 23.5 Å². The maximum atomic E-state index is 10.6. The van der Waals surface area contributed by atoms with E-state index in [0.717, 1.165) is 0 Å². The second-order valence-corrected chi connectivity index (χ2v) is 4.67. The molecule has 0 amide bonds. The number of hydrogen-bond donors (Lipinski definition) is 3. The monoisotopic (exact) mass is 231 g/mol. The highest BCUT2D eigenvalue weighted by Crippen LogP contribution is 2.08. The molecule has 0 aliphatic heterocycles. The van der Waals surface area contributed by atoms with Gasteiger partial charge >= 0.3 is 0 Å². The van der Waals surface area contributed by atoms with Gasteiger partial charge in [-0.3, -0.25) is 0 Å². The van der Waals surface area contributed by atoms with E-state index >= 15 is 0 Å². The topological polar surface area (TPSA) is 124 Å². The summed E-state index contributed by atoms with van der Waals surface area (Å²) < 4.78 is 21.2. The van der Waals surface area contributed by atoms with Crippen LogP contribution in [0.15, 0.2) is 12.4 Å². The highest BCUT2D eigenvalue weighted by atomic mass is 32.2. The highest BCUT2D eigenvalue weighted by molar-refractivity contribution is 7.89. The van der Waals surface area contributed by atoms with Gasteiger partial charge in [-0.2, -0.15) is 0 Å². The van der Waals surface area contributed by atoms with E-state index < -0.39 is 10.0 Å². The van der Waals surface area contributed by atoms with E-state index in [9.17, 15) is 8.42 Å². The molecule has 15 heavy (non-hydrogen) atoms. The fraction of sp³-hybridized carbons (Fsp3) is 0.429. The van der Waals surface area contributed by atoms with Crippen LogP contribution in [0.4, 0.5) is 11.6 Å². The number of sulfonamides is 1. The first-order valence-electron chi connectivity index (χ1n) is 4.30. The van der Waals surface area contributed by atoms with Crippen molar-refractivity contribution in [3.05, 3.63) is 12.4 Å². The fourth-order valence-corrected chi connectivity index (χ4v) is 1.51. The van der Waals surface area contributed by atoms with E-state index in [4.69, 9.17) is 10.9 Å². The van der Waals surface area contributed by atoms with E-state index in [-0.39, 0.29) is 11.6 Å². The molecule has 0 spiro atoms. The number of nitrogens with one attached hydrogen (secondary N) is 1. The predicted molar refractivity (Wildman–Crippen MR) is 57.5 cm³/mol. The molecule has 8 heteroatoms. The van der Waals surface area contributed by atoms with Crippen molar-refractivity contribution in [2.24, 2.45) is 5.14 Å². The van der Waals surface area contributed by atoms with Gasteiger partial charge in [0.15, 0.2) is 11.6 Å². The number of nitrogens with zero attached hydrogens (tertiary/aromatic N) is 2. The summed E-state index contributed by atoms with van der Waals surface area (Å²) in [4.78, 5) is 7.75. The lowest BCUT2D eigenvalue weighted by Gasteiger charge is -2.05. The Morgan fingerprint density at radius 1 is 1.33 bits per heavy atom. The van der Waals surface area contributed by atoms with Gasteiger partial charge in [0.05, 0.1) is 5.75 Å². The molecule has 1 aromatic rings. The van der Waals surface area contributed by atoms with E-state index in [1.165, 1.54) is 12.4 Å². The Labute approximate surface area is 88.0 Å². The molecule has 1 aromatic heterocycles. The number of nitrogens with two attached hydrogens (primary N) is 2. The zero-order chi connectivity index (χ0) is 11.3. The normalized spacial score (nSPS) is 11.3. The van der Waals surface area contributed by atoms with Crippen LogP contribution >= 0.6 is 0 Å². The Balaban J connectivity index is 2.36. The van der Waals surface area contributed by atoms with Crippen molar-refractivity contribution in [1.82, 2.24) is 9.97 Å². The summed E-state index contributed by atoms with van der Waals surface area (Å²) >= 11 is 0. The zero-order valence-corrected chi connectivity index (χ0v) is 8.87. The van der Waals surface area contributed by atoms with E-state index in [1.54, 1.807) is 0 Å². The minimum atomic E-state index is -3.40. The standard InChI is InChI=1S/C7H13N5O2S/c8-6-7(12-4-3-10-6)11-2-1-5-15(9,13)14/h3-4H,1-2,5H2,(H2,8,10)(H,11,12)(H2,9,13,14). The molecule has 0 aliphatic carbocycles. The number of hydrogen-bond acceptors (Lipinski definition) is 6. The van der Waals surface area contributed by atoms with Gasteiger partial charge in [-0.1, -0.05) is 0 Å². The molecule has 0 fully saturated rings. The van der Waals surface area contributed by atoms with Gasteiger partial charge in [0.1, 0.15) is 0 Å². The summed E-state index contributed by atoms with van der Waals surface area (Å²) in [5.74, 6) is 0.667. The molecular formula is C7H13N5O2S. The summed E-state index contributed by atoms with van der Waals surface area (Å²) in [5.41, 5.74) is 5.51. The van der Waals surface area contributed by atoms with Crippen LogP contribution in [0.1, 0.15) is 6.42 Å². The molecule has 0 saturated carbocycles. The Morgan fingerprint density at radius 2 is 2.00 bits per heavy atom. The third-order valence-corrected chi connectivity index (χ3v) is 2.48. The van der Waals surface area contributed by atoms with Crippen molar-refractivity contribution in [2.45, 2.75) is 6.42 Å². The quantitative estimate of drug-likeness (QED) is 0.567. The fourth-order valence-electron chi connectivity index (χ4n) is 0.965. The largest absolute Gasteiger partial charge is 0.381 e. The number of anilines is 2. The second-order valence-electron chi connectivity index (χ2n) is 2.94. The molecule has 5 N–H and O–H groups in total. The molecule has 0 atom stereocenters. The lowest BCUT2D eigenvalue weighted by Crippen LogP contribution is -2.19. The Kier molecular flexibility index (Phi) is 3.81. The minimum absolute atomic E-state index is 0.0693. The first-order chi connectivity index (χ1) is 6.99. The molecule has 0 aliphatic rings. The van der Waals surface area contributed by atoms with Crippen molar-refractivity contribution >= 4 is 21.7 Å². The summed E-state index contributed by atoms with van der Waals surface area (Å²) in [7, 11) is -3.40. The molecule has 84 valence electrons. The SMILES string of the molecule is Nc1nccnc1NCCCS(N)(=O)=O. The molecule has 0 saturated heterocycles. The van der Waals surface area contributed by atoms with Crippen molar-refractivity contribution in [3.8, 4) is 0 Å². The average molecular weight is 231 g/mol. The summed E-state index contributed by atoms with van der Waals surface area (Å²) in [6, 6.07) is 0. The molecule has 1 rings (SSSR count). The van der Waals surface area contributed by atoms with Crippen LogP contribution < -0.4 is 16.2 Å². The molecular weight excluding hydrogens is 218 g/mol. The van der Waals surface area contributed by atoms with E-state index in [2.05, 4.69) is 15.3 Å². The molecule has 0 bridgehead atoms.